The smallest absolute Gasteiger partial charge is 0.284 e. The van der Waals surface area contributed by atoms with Crippen molar-refractivity contribution in [3.8, 4) is 0 Å². The molecule has 0 bridgehead atoms. The van der Waals surface area contributed by atoms with Crippen LogP contribution >= 0.6 is 27.5 Å². The van der Waals surface area contributed by atoms with E-state index in [-0.39, 0.29) is 26.8 Å². The molecule has 1 N–H and O–H groups in total. The third-order valence-corrected chi connectivity index (χ3v) is 3.49. The molecule has 2 aromatic rings. The lowest BCUT2D eigenvalue weighted by Gasteiger charge is -2.06. The number of hydrogen-bond acceptors (Lipinski definition) is 5. The first-order valence-corrected chi connectivity index (χ1v) is 6.81. The van der Waals surface area contributed by atoms with Crippen molar-refractivity contribution >= 4 is 45.1 Å². The SMILES string of the molecule is Cc1cc(Cl)nc(NC(=O)c2cccc([N+](=O)[O-])c2Br)n1. The van der Waals surface area contributed by atoms with Gasteiger partial charge in [-0.15, -0.1) is 0 Å². The topological polar surface area (TPSA) is 98.0 Å². The fourth-order valence-corrected chi connectivity index (χ4v) is 2.42. The van der Waals surface area contributed by atoms with Crippen molar-refractivity contribution in [2.24, 2.45) is 0 Å². The number of rotatable bonds is 3. The van der Waals surface area contributed by atoms with Crippen molar-refractivity contribution in [2.75, 3.05) is 5.32 Å². The Morgan fingerprint density at radius 1 is 1.43 bits per heavy atom. The van der Waals surface area contributed by atoms with Gasteiger partial charge in [0.15, 0.2) is 0 Å². The van der Waals surface area contributed by atoms with Gasteiger partial charge in [-0.25, -0.2) is 9.97 Å². The van der Waals surface area contributed by atoms with E-state index in [2.05, 4.69) is 31.2 Å². The van der Waals surface area contributed by atoms with Crippen LogP contribution in [0.1, 0.15) is 16.1 Å². The standard InChI is InChI=1S/C12H8BrClN4O3/c1-6-5-9(14)16-12(15-6)17-11(19)7-3-2-4-8(10(7)13)18(20)21/h2-5H,1H3,(H,15,16,17,19). The molecule has 1 aromatic heterocycles. The summed E-state index contributed by atoms with van der Waals surface area (Å²) < 4.78 is 0.0891. The van der Waals surface area contributed by atoms with E-state index in [0.717, 1.165) is 0 Å². The number of benzene rings is 1. The number of aryl methyl sites for hydroxylation is 1. The van der Waals surface area contributed by atoms with Crippen molar-refractivity contribution in [1.29, 1.82) is 0 Å². The third kappa shape index (κ3) is 3.53. The maximum absolute atomic E-state index is 12.1. The van der Waals surface area contributed by atoms with E-state index < -0.39 is 10.8 Å². The van der Waals surface area contributed by atoms with Crippen LogP contribution in [-0.2, 0) is 0 Å². The van der Waals surface area contributed by atoms with Gasteiger partial charge in [0.2, 0.25) is 5.95 Å². The number of aromatic nitrogens is 2. The molecule has 0 atom stereocenters. The zero-order valence-corrected chi connectivity index (χ0v) is 13.0. The van der Waals surface area contributed by atoms with E-state index in [1.807, 2.05) is 0 Å². The number of halogens is 2. The summed E-state index contributed by atoms with van der Waals surface area (Å²) in [6, 6.07) is 5.70. The quantitative estimate of drug-likeness (QED) is 0.507. The molecule has 21 heavy (non-hydrogen) atoms. The predicted octanol–water partition coefficient (Wildman–Crippen LogP) is 3.36. The second-order valence-corrected chi connectivity index (χ2v) is 5.19. The summed E-state index contributed by atoms with van der Waals surface area (Å²) in [7, 11) is 0. The molecule has 2 rings (SSSR count). The Balaban J connectivity index is 2.33. The molecule has 0 saturated carbocycles. The highest BCUT2D eigenvalue weighted by Crippen LogP contribution is 2.28. The number of nitro groups is 1. The van der Waals surface area contributed by atoms with E-state index in [1.165, 1.54) is 18.2 Å². The Labute approximate surface area is 132 Å². The van der Waals surface area contributed by atoms with Crippen LogP contribution in [0, 0.1) is 17.0 Å². The Morgan fingerprint density at radius 3 is 2.76 bits per heavy atom. The molecule has 108 valence electrons. The molecule has 1 amide bonds. The minimum Gasteiger partial charge on any atom is -0.290 e. The number of anilines is 1. The monoisotopic (exact) mass is 370 g/mol. The summed E-state index contributed by atoms with van der Waals surface area (Å²) >= 11 is 8.83. The second-order valence-electron chi connectivity index (χ2n) is 4.01. The van der Waals surface area contributed by atoms with Crippen LogP contribution in [0.25, 0.3) is 0 Å². The van der Waals surface area contributed by atoms with Crippen LogP contribution in [0.15, 0.2) is 28.7 Å². The second kappa shape index (κ2) is 6.15. The summed E-state index contributed by atoms with van der Waals surface area (Å²) in [6.07, 6.45) is 0. The third-order valence-electron chi connectivity index (χ3n) is 2.47. The van der Waals surface area contributed by atoms with Crippen LogP contribution in [-0.4, -0.2) is 20.8 Å². The molecule has 1 heterocycles. The van der Waals surface area contributed by atoms with Gasteiger partial charge in [0.1, 0.15) is 9.63 Å². The minimum atomic E-state index is -0.582. The maximum Gasteiger partial charge on any atom is 0.284 e. The van der Waals surface area contributed by atoms with Gasteiger partial charge < -0.3 is 0 Å². The van der Waals surface area contributed by atoms with Gasteiger partial charge in [-0.3, -0.25) is 20.2 Å². The lowest BCUT2D eigenvalue weighted by Crippen LogP contribution is -2.15. The lowest BCUT2D eigenvalue weighted by atomic mass is 10.2. The highest BCUT2D eigenvalue weighted by atomic mass is 79.9. The Hall–Kier alpha value is -2.06. The number of carbonyl (C=O) groups is 1. The van der Waals surface area contributed by atoms with Crippen LogP contribution in [0.4, 0.5) is 11.6 Å². The first kappa shape index (κ1) is 15.3. The molecule has 0 fully saturated rings. The van der Waals surface area contributed by atoms with Crippen molar-refractivity contribution in [1.82, 2.24) is 9.97 Å². The molecule has 0 spiro atoms. The van der Waals surface area contributed by atoms with Gasteiger partial charge in [0, 0.05) is 11.8 Å². The van der Waals surface area contributed by atoms with Crippen LogP contribution in [0.3, 0.4) is 0 Å². The van der Waals surface area contributed by atoms with Gasteiger partial charge >= 0.3 is 0 Å². The Kier molecular flexibility index (Phi) is 4.49. The molecule has 0 saturated heterocycles. The van der Waals surface area contributed by atoms with Gasteiger partial charge in [-0.2, -0.15) is 0 Å². The summed E-state index contributed by atoms with van der Waals surface area (Å²) in [5.41, 5.74) is 0.486. The molecule has 1 aromatic carbocycles. The molecule has 0 radical (unpaired) electrons. The predicted molar refractivity (Wildman–Crippen MR) is 80.5 cm³/mol. The number of hydrogen-bond donors (Lipinski definition) is 1. The zero-order chi connectivity index (χ0) is 15.6. The fourth-order valence-electron chi connectivity index (χ4n) is 1.59. The van der Waals surface area contributed by atoms with Gasteiger partial charge in [0.05, 0.1) is 10.5 Å². The summed E-state index contributed by atoms with van der Waals surface area (Å²) in [5.74, 6) is -0.546. The minimum absolute atomic E-state index is 0.0309. The van der Waals surface area contributed by atoms with E-state index in [0.29, 0.717) is 5.69 Å². The van der Waals surface area contributed by atoms with Gasteiger partial charge in [0.25, 0.3) is 11.6 Å². The Morgan fingerprint density at radius 2 is 2.14 bits per heavy atom. The summed E-state index contributed by atoms with van der Waals surface area (Å²) in [6.45, 7) is 1.70. The first-order chi connectivity index (χ1) is 9.88. The molecule has 0 aliphatic rings. The number of amides is 1. The van der Waals surface area contributed by atoms with Crippen molar-refractivity contribution in [3.05, 3.63) is 55.3 Å². The maximum atomic E-state index is 12.1. The highest BCUT2D eigenvalue weighted by molar-refractivity contribution is 9.10. The summed E-state index contributed by atoms with van der Waals surface area (Å²) in [4.78, 5) is 30.3. The number of carbonyl (C=O) groups excluding carboxylic acids is 1. The number of nitro benzene ring substituents is 1. The van der Waals surface area contributed by atoms with Crippen molar-refractivity contribution in [2.45, 2.75) is 6.92 Å². The lowest BCUT2D eigenvalue weighted by molar-refractivity contribution is -0.385. The fraction of sp³-hybridized carbons (Fsp3) is 0.0833. The number of nitrogens with zero attached hydrogens (tertiary/aromatic N) is 3. The van der Waals surface area contributed by atoms with Crippen LogP contribution < -0.4 is 5.32 Å². The molecule has 0 unspecified atom stereocenters. The molecule has 0 aliphatic heterocycles. The summed E-state index contributed by atoms with van der Waals surface area (Å²) in [5, 5.41) is 13.5. The van der Waals surface area contributed by atoms with E-state index in [9.17, 15) is 14.9 Å². The molecule has 9 heteroatoms. The van der Waals surface area contributed by atoms with Gasteiger partial charge in [-0.1, -0.05) is 17.7 Å². The first-order valence-electron chi connectivity index (χ1n) is 5.64. The van der Waals surface area contributed by atoms with E-state index in [1.54, 1.807) is 13.0 Å². The largest absolute Gasteiger partial charge is 0.290 e. The zero-order valence-electron chi connectivity index (χ0n) is 10.6. The normalized spacial score (nSPS) is 10.2. The molecule has 0 aliphatic carbocycles. The Bertz CT molecular complexity index is 718. The average molecular weight is 372 g/mol. The highest BCUT2D eigenvalue weighted by Gasteiger charge is 2.20. The van der Waals surface area contributed by atoms with Crippen LogP contribution in [0.5, 0.6) is 0 Å². The van der Waals surface area contributed by atoms with Crippen LogP contribution in [0.2, 0.25) is 5.15 Å². The number of nitrogens with one attached hydrogen (secondary N) is 1. The average Bonchev–Trinajstić information content (AvgIpc) is 2.37. The van der Waals surface area contributed by atoms with Crippen molar-refractivity contribution < 1.29 is 9.72 Å². The molecular formula is C12H8BrClN4O3. The van der Waals surface area contributed by atoms with Crippen molar-refractivity contribution in [3.63, 3.8) is 0 Å². The molecular weight excluding hydrogens is 364 g/mol. The van der Waals surface area contributed by atoms with E-state index in [4.69, 9.17) is 11.6 Å². The van der Waals surface area contributed by atoms with Gasteiger partial charge in [-0.05, 0) is 35.0 Å². The molecule has 7 nitrogen and oxygen atoms in total. The van der Waals surface area contributed by atoms with E-state index >= 15 is 0 Å².